The van der Waals surface area contributed by atoms with Crippen LogP contribution in [0.25, 0.3) is 0 Å². The van der Waals surface area contributed by atoms with Crippen molar-refractivity contribution >= 4 is 19.8 Å². The zero-order valence-corrected chi connectivity index (χ0v) is 36.0. The summed E-state index contributed by atoms with van der Waals surface area (Å²) in [5, 5.41) is 30.5. The maximum atomic E-state index is 12.7. The molecule has 0 fully saturated rings. The zero-order chi connectivity index (χ0) is 41.9. The number of ether oxygens (including phenoxy) is 2. The first-order valence-electron chi connectivity index (χ1n) is 20.8. The number of hydrogen-bond acceptors (Lipinski definition) is 11. The van der Waals surface area contributed by atoms with E-state index in [0.717, 1.165) is 25.7 Å². The SMILES string of the molecule is CC/C=C\C[C@H](O)/C=C/C=C/C=C\C=C/[C@@H](O)[C@H](O)CCCC(=O)O[C@H](COC(=O)CCCCCCCCCCCCCC)COP(=O)([O-])OCC[N+](C)(C)C. The third kappa shape index (κ3) is 36.0. The standard InChI is InChI=1S/C43H76NO11P/c1-6-8-10-11-12-13-14-15-16-17-22-26-32-42(48)52-36-39(37-54-56(50,51)53-35-34-44(3,4)5)55-43(49)33-27-31-41(47)40(46)30-25-21-19-18-20-24-29-38(45)28-23-9-7-2/h9,18-21,23-25,29-30,38-41,45-47H,6-8,10-17,22,26-28,31-37H2,1-5H3/b20-18+,21-19-,23-9-,29-24+,30-25-/t38-,39+,40+,41+/m0/s1. The molecule has 0 aliphatic rings. The third-order valence-electron chi connectivity index (χ3n) is 8.64. The lowest BCUT2D eigenvalue weighted by atomic mass is 10.0. The van der Waals surface area contributed by atoms with E-state index in [0.29, 0.717) is 23.9 Å². The molecule has 0 heterocycles. The lowest BCUT2D eigenvalue weighted by Gasteiger charge is -2.28. The Balaban J connectivity index is 4.76. The van der Waals surface area contributed by atoms with Gasteiger partial charge in [-0.2, -0.15) is 0 Å². The van der Waals surface area contributed by atoms with Crippen molar-refractivity contribution in [1.82, 2.24) is 0 Å². The minimum Gasteiger partial charge on any atom is -0.756 e. The molecule has 0 rings (SSSR count). The average molecular weight is 814 g/mol. The molecule has 12 nitrogen and oxygen atoms in total. The van der Waals surface area contributed by atoms with Crippen LogP contribution in [-0.4, -0.2) is 104 Å². The number of carbonyl (C=O) groups excluding carboxylic acids is 2. The van der Waals surface area contributed by atoms with E-state index in [2.05, 4.69) is 6.92 Å². The molecule has 3 N–H and O–H groups in total. The number of aliphatic hydroxyl groups is 3. The Morgan fingerprint density at radius 2 is 1.25 bits per heavy atom. The first-order valence-corrected chi connectivity index (χ1v) is 22.3. The molecule has 0 aliphatic carbocycles. The molecule has 0 radical (unpaired) electrons. The molecule has 0 spiro atoms. The number of quaternary nitrogens is 1. The molecular formula is C43H76NO11P. The normalized spacial score (nSPS) is 15.9. The Morgan fingerprint density at radius 3 is 1.84 bits per heavy atom. The molecule has 13 heteroatoms. The minimum atomic E-state index is -4.72. The highest BCUT2D eigenvalue weighted by Gasteiger charge is 2.22. The van der Waals surface area contributed by atoms with E-state index in [1.165, 1.54) is 57.4 Å². The van der Waals surface area contributed by atoms with Crippen LogP contribution in [0.2, 0.25) is 0 Å². The number of likely N-dealkylation sites (N-methyl/N-ethyl adjacent to an activating group) is 1. The molecule has 56 heavy (non-hydrogen) atoms. The maximum Gasteiger partial charge on any atom is 0.306 e. The van der Waals surface area contributed by atoms with Gasteiger partial charge in [-0.05, 0) is 32.1 Å². The van der Waals surface area contributed by atoms with Crippen molar-refractivity contribution in [3.8, 4) is 0 Å². The second-order valence-electron chi connectivity index (χ2n) is 15.2. The summed E-state index contributed by atoms with van der Waals surface area (Å²) in [5.74, 6) is -1.17. The quantitative estimate of drug-likeness (QED) is 0.0142. The number of rotatable bonds is 36. The van der Waals surface area contributed by atoms with Gasteiger partial charge in [0.2, 0.25) is 0 Å². The summed E-state index contributed by atoms with van der Waals surface area (Å²) in [5.41, 5.74) is 0. The first kappa shape index (κ1) is 53.6. The Bertz CT molecular complexity index is 1190. The Morgan fingerprint density at radius 1 is 0.696 bits per heavy atom. The van der Waals surface area contributed by atoms with Gasteiger partial charge in [-0.1, -0.05) is 145 Å². The lowest BCUT2D eigenvalue weighted by Crippen LogP contribution is -2.37. The van der Waals surface area contributed by atoms with Gasteiger partial charge >= 0.3 is 11.9 Å². The number of carbonyl (C=O) groups is 2. The van der Waals surface area contributed by atoms with Crippen LogP contribution in [0.1, 0.15) is 129 Å². The van der Waals surface area contributed by atoms with Gasteiger partial charge in [-0.3, -0.25) is 14.2 Å². The van der Waals surface area contributed by atoms with E-state index in [1.54, 1.807) is 42.5 Å². The highest BCUT2D eigenvalue weighted by molar-refractivity contribution is 7.45. The number of phosphoric acid groups is 1. The molecule has 0 aromatic rings. The molecule has 0 aromatic carbocycles. The first-order chi connectivity index (χ1) is 26.7. The van der Waals surface area contributed by atoms with Gasteiger partial charge in [0.05, 0.1) is 46.1 Å². The predicted octanol–water partition coefficient (Wildman–Crippen LogP) is 7.57. The topological polar surface area (TPSA) is 172 Å². The molecule has 0 saturated carbocycles. The number of nitrogens with zero attached hydrogens (tertiary/aromatic N) is 1. The van der Waals surface area contributed by atoms with Crippen molar-refractivity contribution < 1.29 is 57.4 Å². The average Bonchev–Trinajstić information content (AvgIpc) is 3.13. The summed E-state index contributed by atoms with van der Waals surface area (Å²) in [6, 6.07) is 0. The van der Waals surface area contributed by atoms with Gasteiger partial charge in [0.25, 0.3) is 7.82 Å². The Hall–Kier alpha value is -2.41. The zero-order valence-electron chi connectivity index (χ0n) is 35.1. The second kappa shape index (κ2) is 34.6. The number of phosphoric ester groups is 1. The maximum absolute atomic E-state index is 12.7. The summed E-state index contributed by atoms with van der Waals surface area (Å²) < 4.78 is 33.5. The molecule has 324 valence electrons. The molecule has 0 bridgehead atoms. The summed E-state index contributed by atoms with van der Waals surface area (Å²) in [6.45, 7) is 3.60. The van der Waals surface area contributed by atoms with E-state index in [4.69, 9.17) is 18.5 Å². The highest BCUT2D eigenvalue weighted by Crippen LogP contribution is 2.38. The number of esters is 2. The summed E-state index contributed by atoms with van der Waals surface area (Å²) in [6.07, 6.45) is 29.1. The fraction of sp³-hybridized carbons (Fsp3) is 0.721. The summed E-state index contributed by atoms with van der Waals surface area (Å²) >= 11 is 0. The van der Waals surface area contributed by atoms with Crippen LogP contribution < -0.4 is 4.89 Å². The van der Waals surface area contributed by atoms with Gasteiger partial charge < -0.3 is 43.2 Å². The second-order valence-corrected chi connectivity index (χ2v) is 16.6. The van der Waals surface area contributed by atoms with Gasteiger partial charge in [-0.25, -0.2) is 0 Å². The molecule has 0 aliphatic heterocycles. The highest BCUT2D eigenvalue weighted by atomic mass is 31.2. The van der Waals surface area contributed by atoms with Gasteiger partial charge in [-0.15, -0.1) is 0 Å². The summed E-state index contributed by atoms with van der Waals surface area (Å²) in [4.78, 5) is 37.5. The lowest BCUT2D eigenvalue weighted by molar-refractivity contribution is -0.870. The van der Waals surface area contributed by atoms with Gasteiger partial charge in [0, 0.05) is 12.8 Å². The van der Waals surface area contributed by atoms with Crippen LogP contribution in [0, 0.1) is 0 Å². The van der Waals surface area contributed by atoms with Crippen molar-refractivity contribution in [2.45, 2.75) is 154 Å². The van der Waals surface area contributed by atoms with Gasteiger partial charge in [0.1, 0.15) is 19.8 Å². The third-order valence-corrected chi connectivity index (χ3v) is 9.61. The van der Waals surface area contributed by atoms with Crippen LogP contribution in [0.5, 0.6) is 0 Å². The molecule has 1 unspecified atom stereocenters. The van der Waals surface area contributed by atoms with Crippen LogP contribution in [0.15, 0.2) is 60.8 Å². The van der Waals surface area contributed by atoms with E-state index >= 15 is 0 Å². The van der Waals surface area contributed by atoms with Crippen LogP contribution in [-0.2, 0) is 32.7 Å². The van der Waals surface area contributed by atoms with Crippen LogP contribution in [0.4, 0.5) is 0 Å². The number of hydrogen-bond donors (Lipinski definition) is 3. The number of allylic oxidation sites excluding steroid dienone is 7. The fourth-order valence-corrected chi connectivity index (χ4v) is 5.96. The molecular weight excluding hydrogens is 737 g/mol. The van der Waals surface area contributed by atoms with Crippen LogP contribution in [0.3, 0.4) is 0 Å². The molecule has 0 saturated heterocycles. The van der Waals surface area contributed by atoms with Gasteiger partial charge in [0.15, 0.2) is 6.10 Å². The number of aliphatic hydroxyl groups excluding tert-OH is 3. The van der Waals surface area contributed by atoms with E-state index in [-0.39, 0.29) is 38.9 Å². The van der Waals surface area contributed by atoms with Crippen molar-refractivity contribution in [3.05, 3.63) is 60.8 Å². The van der Waals surface area contributed by atoms with Crippen molar-refractivity contribution in [2.75, 3.05) is 47.5 Å². The predicted molar refractivity (Wildman–Crippen MR) is 221 cm³/mol. The van der Waals surface area contributed by atoms with E-state index in [9.17, 15) is 34.4 Å². The molecule has 5 atom stereocenters. The largest absolute Gasteiger partial charge is 0.756 e. The smallest absolute Gasteiger partial charge is 0.306 e. The van der Waals surface area contributed by atoms with E-state index in [1.807, 2.05) is 40.2 Å². The molecule has 0 amide bonds. The Labute approximate surface area is 338 Å². The van der Waals surface area contributed by atoms with E-state index < -0.39 is 50.8 Å². The van der Waals surface area contributed by atoms with Crippen molar-refractivity contribution in [2.24, 2.45) is 0 Å². The fourth-order valence-electron chi connectivity index (χ4n) is 5.23. The minimum absolute atomic E-state index is 0.0931. The monoisotopic (exact) mass is 814 g/mol. The van der Waals surface area contributed by atoms with Crippen molar-refractivity contribution in [3.63, 3.8) is 0 Å². The van der Waals surface area contributed by atoms with Crippen molar-refractivity contribution in [1.29, 1.82) is 0 Å². The molecule has 0 aromatic heterocycles. The summed E-state index contributed by atoms with van der Waals surface area (Å²) in [7, 11) is 0.939. The Kier molecular flexibility index (Phi) is 33.1. The van der Waals surface area contributed by atoms with Crippen LogP contribution >= 0.6 is 7.82 Å². The number of unbranched alkanes of at least 4 members (excludes halogenated alkanes) is 11.